The molecule has 0 amide bonds. The first-order chi connectivity index (χ1) is 16.8. The molecule has 1 aromatic rings. The van der Waals surface area contributed by atoms with E-state index in [1.165, 1.54) is 27.8 Å². The Hall–Kier alpha value is -2.52. The predicted molar refractivity (Wildman–Crippen MR) is 154 cm³/mol. The fourth-order valence-corrected chi connectivity index (χ4v) is 8.10. The fraction of sp³-hybridized carbons (Fsp3) is 0.515. The van der Waals surface area contributed by atoms with E-state index in [2.05, 4.69) is 85.5 Å². The average Bonchev–Trinajstić information content (AvgIpc) is 2.78. The van der Waals surface area contributed by atoms with Gasteiger partial charge in [0.1, 0.15) is 5.76 Å². The van der Waals surface area contributed by atoms with Gasteiger partial charge >= 0.3 is 0 Å². The zero-order valence-electron chi connectivity index (χ0n) is 23.6. The molecule has 3 heteroatoms. The Labute approximate surface area is 219 Å². The van der Waals surface area contributed by atoms with Crippen LogP contribution in [0, 0.1) is 29.6 Å². The summed E-state index contributed by atoms with van der Waals surface area (Å²) in [7, 11) is 4.27. The van der Waals surface area contributed by atoms with Crippen LogP contribution < -0.4 is 5.73 Å². The van der Waals surface area contributed by atoms with E-state index in [0.29, 0.717) is 17.4 Å². The molecule has 0 aliphatic heterocycles. The summed E-state index contributed by atoms with van der Waals surface area (Å²) in [5.41, 5.74) is 16.6. The Morgan fingerprint density at radius 3 is 2.44 bits per heavy atom. The summed E-state index contributed by atoms with van der Waals surface area (Å²) < 4.78 is 0. The van der Waals surface area contributed by atoms with E-state index >= 15 is 0 Å². The van der Waals surface area contributed by atoms with E-state index in [-0.39, 0.29) is 11.3 Å². The number of aryl methyl sites for hydroxylation is 2. The molecule has 0 aromatic heterocycles. The third-order valence-corrected chi connectivity index (χ3v) is 10.0. The van der Waals surface area contributed by atoms with Crippen LogP contribution in [0.4, 0.5) is 0 Å². The summed E-state index contributed by atoms with van der Waals surface area (Å²) >= 11 is 0. The maximum absolute atomic E-state index is 12.2. The second-order valence-electron chi connectivity index (χ2n) is 12.2. The SMILES string of the molecule is C=C(N)C1=C(C)[C@@H](CC)[C@]2(C)C[C@@H]3Cc4c(CCCN(C)C)ccc(C)c4C(=C)C3=C(O)[C@]2(C)C1=C. The average molecular weight is 487 g/mol. The number of nitrogens with two attached hydrogens (primary N) is 1. The van der Waals surface area contributed by atoms with Crippen LogP contribution in [0.15, 0.2) is 65.6 Å². The van der Waals surface area contributed by atoms with Gasteiger partial charge in [0.05, 0.1) is 5.41 Å². The van der Waals surface area contributed by atoms with Gasteiger partial charge in [-0.2, -0.15) is 0 Å². The molecule has 0 saturated carbocycles. The lowest BCUT2D eigenvalue weighted by atomic mass is 9.43. The van der Waals surface area contributed by atoms with Crippen molar-refractivity contribution in [3.05, 3.63) is 87.9 Å². The number of rotatable bonds is 6. The quantitative estimate of drug-likeness (QED) is 0.444. The van der Waals surface area contributed by atoms with E-state index in [0.717, 1.165) is 60.9 Å². The van der Waals surface area contributed by atoms with Gasteiger partial charge < -0.3 is 15.7 Å². The minimum absolute atomic E-state index is 0.174. The molecule has 3 N–H and O–H groups in total. The Kier molecular flexibility index (Phi) is 6.71. The van der Waals surface area contributed by atoms with Crippen molar-refractivity contribution in [3.8, 4) is 0 Å². The topological polar surface area (TPSA) is 49.5 Å². The highest BCUT2D eigenvalue weighted by atomic mass is 16.3. The molecular formula is C33H46N2O. The van der Waals surface area contributed by atoms with Crippen molar-refractivity contribution in [2.45, 2.75) is 66.7 Å². The van der Waals surface area contributed by atoms with Crippen LogP contribution in [0.25, 0.3) is 5.57 Å². The Morgan fingerprint density at radius 2 is 1.86 bits per heavy atom. The van der Waals surface area contributed by atoms with E-state index < -0.39 is 5.41 Å². The van der Waals surface area contributed by atoms with Crippen LogP contribution in [0.5, 0.6) is 0 Å². The highest BCUT2D eigenvalue weighted by Gasteiger charge is 2.61. The molecular weight excluding hydrogens is 440 g/mol. The van der Waals surface area contributed by atoms with Crippen LogP contribution in [0.1, 0.15) is 69.2 Å². The molecule has 0 radical (unpaired) electrons. The lowest BCUT2D eigenvalue weighted by molar-refractivity contribution is -0.000499. The molecule has 3 nitrogen and oxygen atoms in total. The molecule has 0 heterocycles. The maximum atomic E-state index is 12.2. The van der Waals surface area contributed by atoms with Crippen LogP contribution >= 0.6 is 0 Å². The lowest BCUT2D eigenvalue weighted by Gasteiger charge is -2.61. The van der Waals surface area contributed by atoms with Gasteiger partial charge in [-0.1, -0.05) is 51.3 Å². The maximum Gasteiger partial charge on any atom is 0.107 e. The first-order valence-electron chi connectivity index (χ1n) is 13.6. The van der Waals surface area contributed by atoms with E-state index in [1.54, 1.807) is 0 Å². The molecule has 36 heavy (non-hydrogen) atoms. The molecule has 0 bridgehead atoms. The predicted octanol–water partition coefficient (Wildman–Crippen LogP) is 7.29. The summed E-state index contributed by atoms with van der Waals surface area (Å²) in [6.07, 6.45) is 5.14. The third kappa shape index (κ3) is 3.57. The van der Waals surface area contributed by atoms with Crippen LogP contribution in [-0.2, 0) is 12.8 Å². The molecule has 4 rings (SSSR count). The molecule has 0 fully saturated rings. The van der Waals surface area contributed by atoms with Crippen molar-refractivity contribution in [1.29, 1.82) is 0 Å². The second kappa shape index (κ2) is 9.10. The Balaban J connectivity index is 1.89. The van der Waals surface area contributed by atoms with E-state index in [4.69, 9.17) is 5.73 Å². The smallest absolute Gasteiger partial charge is 0.107 e. The van der Waals surface area contributed by atoms with Gasteiger partial charge in [0.2, 0.25) is 0 Å². The van der Waals surface area contributed by atoms with Gasteiger partial charge in [-0.3, -0.25) is 0 Å². The number of aliphatic hydroxyl groups excluding tert-OH is 1. The van der Waals surface area contributed by atoms with E-state index in [9.17, 15) is 5.11 Å². The summed E-state index contributed by atoms with van der Waals surface area (Å²) in [4.78, 5) is 2.25. The highest BCUT2D eigenvalue weighted by molar-refractivity contribution is 5.85. The van der Waals surface area contributed by atoms with Gasteiger partial charge in [0.15, 0.2) is 0 Å². The van der Waals surface area contributed by atoms with Gasteiger partial charge in [-0.15, -0.1) is 0 Å². The van der Waals surface area contributed by atoms with Crippen molar-refractivity contribution in [1.82, 2.24) is 4.90 Å². The van der Waals surface area contributed by atoms with Crippen molar-refractivity contribution >= 4 is 5.57 Å². The van der Waals surface area contributed by atoms with Crippen LogP contribution in [-0.4, -0.2) is 30.6 Å². The summed E-state index contributed by atoms with van der Waals surface area (Å²) in [6, 6.07) is 4.56. The van der Waals surface area contributed by atoms with Gasteiger partial charge in [-0.25, -0.2) is 0 Å². The van der Waals surface area contributed by atoms with Crippen LogP contribution in [0.3, 0.4) is 0 Å². The summed E-state index contributed by atoms with van der Waals surface area (Å²) in [6.45, 7) is 25.5. The van der Waals surface area contributed by atoms with Crippen molar-refractivity contribution < 1.29 is 5.11 Å². The zero-order valence-corrected chi connectivity index (χ0v) is 23.6. The Bertz CT molecular complexity index is 1210. The van der Waals surface area contributed by atoms with Gasteiger partial charge in [0.25, 0.3) is 0 Å². The number of hydrogen-bond donors (Lipinski definition) is 2. The molecule has 3 aliphatic carbocycles. The van der Waals surface area contributed by atoms with Gasteiger partial charge in [-0.05, 0) is 130 Å². The number of allylic oxidation sites excluding steroid dienone is 5. The zero-order chi connectivity index (χ0) is 26.7. The first kappa shape index (κ1) is 26.5. The minimum atomic E-state index is -0.617. The monoisotopic (exact) mass is 486 g/mol. The first-order valence-corrected chi connectivity index (χ1v) is 13.6. The standard InChI is InChI=1S/C33H46N2O/c1-11-27-20(3)29(23(6)34)22(5)33(8)31(36)30-21(4)28-19(2)14-15-24(13-12-16-35(9)10)26(28)17-25(30)18-32(27,33)7/h14-15,25,27,36H,4-6,11-13,16-18,34H2,1-3,7-10H3/t25-,27+,32-,33-/m0/s1. The lowest BCUT2D eigenvalue weighted by Crippen LogP contribution is -2.54. The second-order valence-corrected chi connectivity index (χ2v) is 12.2. The van der Waals surface area contributed by atoms with Crippen molar-refractivity contribution in [2.75, 3.05) is 20.6 Å². The minimum Gasteiger partial charge on any atom is -0.511 e. The number of benzene rings is 1. The number of aliphatic hydroxyl groups is 1. The molecule has 0 spiro atoms. The molecule has 3 aliphatic rings. The summed E-state index contributed by atoms with van der Waals surface area (Å²) in [5.74, 6) is 0.984. The highest BCUT2D eigenvalue weighted by Crippen LogP contribution is 2.69. The Morgan fingerprint density at radius 1 is 1.19 bits per heavy atom. The normalized spacial score (nSPS) is 29.9. The van der Waals surface area contributed by atoms with E-state index in [1.807, 2.05) is 0 Å². The van der Waals surface area contributed by atoms with Crippen molar-refractivity contribution in [3.63, 3.8) is 0 Å². The molecule has 0 unspecified atom stereocenters. The summed E-state index contributed by atoms with van der Waals surface area (Å²) in [5, 5.41) is 12.2. The molecule has 194 valence electrons. The molecule has 4 atom stereocenters. The largest absolute Gasteiger partial charge is 0.511 e. The number of hydrogen-bond acceptors (Lipinski definition) is 3. The van der Waals surface area contributed by atoms with Gasteiger partial charge in [0, 0.05) is 11.3 Å². The molecule has 0 saturated heterocycles. The third-order valence-electron chi connectivity index (χ3n) is 10.0. The van der Waals surface area contributed by atoms with Crippen LogP contribution in [0.2, 0.25) is 0 Å². The molecule has 1 aromatic carbocycles. The van der Waals surface area contributed by atoms with Crippen molar-refractivity contribution in [2.24, 2.45) is 28.4 Å². The fourth-order valence-electron chi connectivity index (χ4n) is 8.10. The number of nitrogens with zero attached hydrogens (tertiary/aromatic N) is 1. The number of fused-ring (bicyclic) bond motifs is 3.